The van der Waals surface area contributed by atoms with Crippen molar-refractivity contribution in [3.63, 3.8) is 0 Å². The summed E-state index contributed by atoms with van der Waals surface area (Å²) in [7, 11) is -3.80. The first-order valence-electron chi connectivity index (χ1n) is 11.6. The monoisotopic (exact) mass is 619 g/mol. The molecule has 7 nitrogen and oxygen atoms in total. The number of carbonyl (C=O) groups is 2. The first-order chi connectivity index (χ1) is 16.9. The van der Waals surface area contributed by atoms with Crippen molar-refractivity contribution in [1.82, 2.24) is 10.2 Å². The maximum atomic E-state index is 13.7. The number of nitrogens with zero attached hydrogens (tertiary/aromatic N) is 2. The summed E-state index contributed by atoms with van der Waals surface area (Å²) in [5.41, 5.74) is 1.85. The third kappa shape index (κ3) is 8.36. The van der Waals surface area contributed by atoms with Crippen LogP contribution >= 0.6 is 39.1 Å². The van der Waals surface area contributed by atoms with Crippen LogP contribution in [0.2, 0.25) is 10.0 Å². The van der Waals surface area contributed by atoms with Crippen molar-refractivity contribution in [2.75, 3.05) is 23.7 Å². The highest BCUT2D eigenvalue weighted by molar-refractivity contribution is 9.10. The summed E-state index contributed by atoms with van der Waals surface area (Å²) in [5.74, 6) is -0.797. The zero-order valence-corrected chi connectivity index (χ0v) is 24.8. The van der Waals surface area contributed by atoms with Gasteiger partial charge in [0.1, 0.15) is 12.6 Å². The van der Waals surface area contributed by atoms with Crippen molar-refractivity contribution in [2.24, 2.45) is 0 Å². The Labute approximate surface area is 232 Å². The summed E-state index contributed by atoms with van der Waals surface area (Å²) < 4.78 is 27.3. The van der Waals surface area contributed by atoms with Crippen LogP contribution in [-0.4, -0.2) is 50.5 Å². The summed E-state index contributed by atoms with van der Waals surface area (Å²) in [5, 5.41) is 3.58. The fourth-order valence-corrected chi connectivity index (χ4v) is 5.07. The second kappa shape index (κ2) is 13.7. The van der Waals surface area contributed by atoms with E-state index in [2.05, 4.69) is 21.2 Å². The molecule has 0 aliphatic carbocycles. The summed E-state index contributed by atoms with van der Waals surface area (Å²) in [6, 6.07) is 9.24. The number of anilines is 1. The molecule has 198 valence electrons. The number of sulfonamides is 1. The number of halogens is 3. The Morgan fingerprint density at radius 2 is 1.78 bits per heavy atom. The highest BCUT2D eigenvalue weighted by Crippen LogP contribution is 2.26. The van der Waals surface area contributed by atoms with E-state index in [9.17, 15) is 18.0 Å². The van der Waals surface area contributed by atoms with Gasteiger partial charge in [0.15, 0.2) is 0 Å². The van der Waals surface area contributed by atoms with Crippen molar-refractivity contribution in [3.8, 4) is 0 Å². The Morgan fingerprint density at radius 1 is 1.08 bits per heavy atom. The van der Waals surface area contributed by atoms with Gasteiger partial charge >= 0.3 is 0 Å². The predicted octanol–water partition coefficient (Wildman–Crippen LogP) is 5.55. The standard InChI is InChI=1S/C25H32BrCl2N3O4S/c1-5-7-12-29-25(33)23(6-2)30(15-18-8-11-21(27)22(28)14-18)24(32)16-31(36(4,34)35)19-9-10-20(26)17(3)13-19/h8-11,13-14,23H,5-7,12,15-16H2,1-4H3,(H,29,33)/t23-/m1/s1. The van der Waals surface area contributed by atoms with Gasteiger partial charge in [0.2, 0.25) is 21.8 Å². The van der Waals surface area contributed by atoms with Crippen LogP contribution in [-0.2, 0) is 26.2 Å². The zero-order chi connectivity index (χ0) is 27.0. The predicted molar refractivity (Wildman–Crippen MR) is 150 cm³/mol. The normalized spacial score (nSPS) is 12.2. The van der Waals surface area contributed by atoms with Gasteiger partial charge in [-0.1, -0.05) is 65.5 Å². The molecule has 0 saturated heterocycles. The fourth-order valence-electron chi connectivity index (χ4n) is 3.66. The summed E-state index contributed by atoms with van der Waals surface area (Å²) >= 11 is 15.6. The van der Waals surface area contributed by atoms with Gasteiger partial charge in [-0.25, -0.2) is 8.42 Å². The number of carbonyl (C=O) groups excluding carboxylic acids is 2. The van der Waals surface area contributed by atoms with E-state index in [4.69, 9.17) is 23.2 Å². The van der Waals surface area contributed by atoms with E-state index >= 15 is 0 Å². The van der Waals surface area contributed by atoms with E-state index in [1.165, 1.54) is 4.90 Å². The number of nitrogens with one attached hydrogen (secondary N) is 1. The lowest BCUT2D eigenvalue weighted by atomic mass is 10.1. The SMILES string of the molecule is CCCCNC(=O)[C@@H](CC)N(Cc1ccc(Cl)c(Cl)c1)C(=O)CN(c1ccc(Br)c(C)c1)S(C)(=O)=O. The molecule has 11 heteroatoms. The van der Waals surface area contributed by atoms with Crippen molar-refractivity contribution >= 4 is 66.7 Å². The summed E-state index contributed by atoms with van der Waals surface area (Å²) in [4.78, 5) is 28.1. The Hall–Kier alpha value is -1.81. The van der Waals surface area contributed by atoms with Crippen molar-refractivity contribution in [2.45, 2.75) is 52.6 Å². The number of benzene rings is 2. The molecular weight excluding hydrogens is 589 g/mol. The molecule has 0 heterocycles. The van der Waals surface area contributed by atoms with Crippen LogP contribution in [0.3, 0.4) is 0 Å². The van der Waals surface area contributed by atoms with E-state index in [1.54, 1.807) is 36.4 Å². The maximum Gasteiger partial charge on any atom is 0.244 e. The highest BCUT2D eigenvalue weighted by Gasteiger charge is 2.31. The van der Waals surface area contributed by atoms with Crippen LogP contribution in [0.25, 0.3) is 0 Å². The molecule has 0 unspecified atom stereocenters. The maximum absolute atomic E-state index is 13.7. The number of aryl methyl sites for hydroxylation is 1. The summed E-state index contributed by atoms with van der Waals surface area (Å²) in [6.45, 7) is 5.76. The van der Waals surface area contributed by atoms with Gasteiger partial charge in [-0.05, 0) is 61.2 Å². The molecule has 2 aromatic carbocycles. The van der Waals surface area contributed by atoms with Crippen LogP contribution in [0.1, 0.15) is 44.2 Å². The number of hydrogen-bond donors (Lipinski definition) is 1. The smallest absolute Gasteiger partial charge is 0.244 e. The topological polar surface area (TPSA) is 86.8 Å². The lowest BCUT2D eigenvalue weighted by molar-refractivity contribution is -0.140. The number of hydrogen-bond acceptors (Lipinski definition) is 4. The average Bonchev–Trinajstić information content (AvgIpc) is 2.80. The van der Waals surface area contributed by atoms with E-state index in [-0.39, 0.29) is 12.5 Å². The number of unbranched alkanes of at least 4 members (excludes halogenated alkanes) is 1. The number of rotatable bonds is 12. The van der Waals surface area contributed by atoms with Gasteiger partial charge in [0.25, 0.3) is 0 Å². The largest absolute Gasteiger partial charge is 0.354 e. The van der Waals surface area contributed by atoms with Crippen LogP contribution < -0.4 is 9.62 Å². The highest BCUT2D eigenvalue weighted by atomic mass is 79.9. The number of amides is 2. The third-order valence-electron chi connectivity index (χ3n) is 5.66. The Kier molecular flexibility index (Phi) is 11.5. The van der Waals surface area contributed by atoms with Gasteiger partial charge in [-0.15, -0.1) is 0 Å². The lowest BCUT2D eigenvalue weighted by Gasteiger charge is -2.33. The minimum absolute atomic E-state index is 0.0619. The molecular formula is C25H32BrCl2N3O4S. The van der Waals surface area contributed by atoms with Gasteiger partial charge in [0.05, 0.1) is 22.0 Å². The molecule has 2 aromatic rings. The van der Waals surface area contributed by atoms with Crippen LogP contribution in [0.5, 0.6) is 0 Å². The Bertz CT molecular complexity index is 1190. The van der Waals surface area contributed by atoms with Crippen molar-refractivity contribution < 1.29 is 18.0 Å². The molecule has 0 aromatic heterocycles. The second-order valence-corrected chi connectivity index (χ2v) is 12.1. The molecule has 0 spiro atoms. The molecule has 36 heavy (non-hydrogen) atoms. The quantitative estimate of drug-likeness (QED) is 0.315. The van der Waals surface area contributed by atoms with Crippen LogP contribution in [0.4, 0.5) is 5.69 Å². The molecule has 2 amide bonds. The Balaban J connectivity index is 2.45. The molecule has 0 radical (unpaired) electrons. The van der Waals surface area contributed by atoms with Crippen LogP contribution in [0.15, 0.2) is 40.9 Å². The van der Waals surface area contributed by atoms with E-state index < -0.39 is 28.5 Å². The molecule has 2 rings (SSSR count). The minimum atomic E-state index is -3.80. The van der Waals surface area contributed by atoms with E-state index in [0.29, 0.717) is 34.3 Å². The molecule has 0 aliphatic heterocycles. The molecule has 0 saturated carbocycles. The van der Waals surface area contributed by atoms with E-state index in [1.807, 2.05) is 20.8 Å². The first kappa shape index (κ1) is 30.4. The molecule has 0 bridgehead atoms. The van der Waals surface area contributed by atoms with E-state index in [0.717, 1.165) is 33.4 Å². The van der Waals surface area contributed by atoms with Gasteiger partial charge in [-0.3, -0.25) is 13.9 Å². The third-order valence-corrected chi connectivity index (χ3v) is 8.43. The van der Waals surface area contributed by atoms with Gasteiger partial charge in [-0.2, -0.15) is 0 Å². The zero-order valence-electron chi connectivity index (χ0n) is 20.9. The molecule has 0 fully saturated rings. The van der Waals surface area contributed by atoms with Crippen LogP contribution in [0, 0.1) is 6.92 Å². The van der Waals surface area contributed by atoms with Crippen molar-refractivity contribution in [3.05, 3.63) is 62.0 Å². The molecule has 0 aliphatic rings. The first-order valence-corrected chi connectivity index (χ1v) is 15.0. The fraction of sp³-hybridized carbons (Fsp3) is 0.440. The second-order valence-electron chi connectivity index (χ2n) is 8.54. The summed E-state index contributed by atoms with van der Waals surface area (Å²) in [6.07, 6.45) is 3.13. The van der Waals surface area contributed by atoms with Gasteiger partial charge in [0, 0.05) is 17.6 Å². The lowest BCUT2D eigenvalue weighted by Crippen LogP contribution is -2.52. The Morgan fingerprint density at radius 3 is 2.33 bits per heavy atom. The molecule has 1 N–H and O–H groups in total. The van der Waals surface area contributed by atoms with Crippen molar-refractivity contribution in [1.29, 1.82) is 0 Å². The van der Waals surface area contributed by atoms with Gasteiger partial charge < -0.3 is 10.2 Å². The molecule has 1 atom stereocenters. The minimum Gasteiger partial charge on any atom is -0.354 e. The average molecular weight is 621 g/mol.